The average molecular weight is 204 g/mol. The van der Waals surface area contributed by atoms with Gasteiger partial charge in [-0.05, 0) is 13.0 Å². The normalized spacial score (nSPS) is 9.38. The molecule has 0 aromatic heterocycles. The van der Waals surface area contributed by atoms with Gasteiger partial charge in [-0.25, -0.2) is 0 Å². The minimum atomic E-state index is 0. The third kappa shape index (κ3) is 9.65. The molecule has 0 rings (SSSR count). The molecule has 0 unspecified atom stereocenters. The van der Waals surface area contributed by atoms with Crippen LogP contribution in [0.2, 0.25) is 0 Å². The Morgan fingerprint density at radius 3 is 2.00 bits per heavy atom. The Labute approximate surface area is 88.9 Å². The zero-order valence-electron chi connectivity index (χ0n) is 8.67. The Balaban J connectivity index is 0. The molecule has 0 fully saturated rings. The highest BCUT2D eigenvalue weighted by Gasteiger charge is 1.98. The van der Waals surface area contributed by atoms with Crippen molar-refractivity contribution >= 4 is 12.4 Å². The predicted molar refractivity (Wildman–Crippen MR) is 63.6 cm³/mol. The molecule has 0 aliphatic carbocycles. The van der Waals surface area contributed by atoms with E-state index in [-0.39, 0.29) is 12.4 Å². The van der Waals surface area contributed by atoms with Crippen LogP contribution in [0.4, 0.5) is 0 Å². The van der Waals surface area contributed by atoms with Gasteiger partial charge in [-0.3, -0.25) is 4.90 Å². The summed E-state index contributed by atoms with van der Waals surface area (Å²) in [5.74, 6) is 0. The van der Waals surface area contributed by atoms with Crippen LogP contribution in [0.1, 0.15) is 26.2 Å². The second-order valence-corrected chi connectivity index (χ2v) is 3.04. The SMILES string of the molecule is C=CCN(CC=C)CCCCC.Cl. The first kappa shape index (κ1) is 15.2. The van der Waals surface area contributed by atoms with Crippen molar-refractivity contribution in [3.05, 3.63) is 25.3 Å². The topological polar surface area (TPSA) is 3.24 Å². The fraction of sp³-hybridized carbons (Fsp3) is 0.636. The molecule has 78 valence electrons. The summed E-state index contributed by atoms with van der Waals surface area (Å²) in [7, 11) is 0. The average Bonchev–Trinajstić information content (AvgIpc) is 2.06. The monoisotopic (exact) mass is 203 g/mol. The number of hydrogen-bond donors (Lipinski definition) is 0. The molecule has 0 aliphatic rings. The van der Waals surface area contributed by atoms with Gasteiger partial charge in [0.1, 0.15) is 0 Å². The summed E-state index contributed by atoms with van der Waals surface area (Å²) in [5.41, 5.74) is 0. The molecule has 0 atom stereocenters. The summed E-state index contributed by atoms with van der Waals surface area (Å²) in [6.07, 6.45) is 7.81. The van der Waals surface area contributed by atoms with Gasteiger partial charge in [0.05, 0.1) is 0 Å². The van der Waals surface area contributed by atoms with E-state index < -0.39 is 0 Å². The number of unbranched alkanes of at least 4 members (excludes halogenated alkanes) is 2. The maximum Gasteiger partial charge on any atom is 0.0163 e. The van der Waals surface area contributed by atoms with Crippen LogP contribution in [0.25, 0.3) is 0 Å². The van der Waals surface area contributed by atoms with E-state index in [4.69, 9.17) is 0 Å². The van der Waals surface area contributed by atoms with Crippen LogP contribution in [0.15, 0.2) is 25.3 Å². The summed E-state index contributed by atoms with van der Waals surface area (Å²) in [4.78, 5) is 2.36. The van der Waals surface area contributed by atoms with Gasteiger partial charge < -0.3 is 0 Å². The summed E-state index contributed by atoms with van der Waals surface area (Å²) < 4.78 is 0. The van der Waals surface area contributed by atoms with Crippen LogP contribution in [-0.4, -0.2) is 24.5 Å². The van der Waals surface area contributed by atoms with Crippen molar-refractivity contribution in [1.82, 2.24) is 4.90 Å². The van der Waals surface area contributed by atoms with Crippen LogP contribution in [-0.2, 0) is 0 Å². The molecule has 0 radical (unpaired) electrons. The largest absolute Gasteiger partial charge is 0.296 e. The summed E-state index contributed by atoms with van der Waals surface area (Å²) in [6, 6.07) is 0. The Kier molecular flexibility index (Phi) is 13.7. The van der Waals surface area contributed by atoms with Crippen molar-refractivity contribution in [2.75, 3.05) is 19.6 Å². The van der Waals surface area contributed by atoms with Gasteiger partial charge in [-0.1, -0.05) is 31.9 Å². The van der Waals surface area contributed by atoms with E-state index in [0.717, 1.165) is 13.1 Å². The molecule has 0 aromatic rings. The fourth-order valence-corrected chi connectivity index (χ4v) is 1.21. The number of halogens is 1. The lowest BCUT2D eigenvalue weighted by molar-refractivity contribution is 0.326. The standard InChI is InChI=1S/C11H21N.ClH/c1-4-7-8-11-12(9-5-2)10-6-3;/h5-6H,2-4,7-11H2,1H3;1H. The van der Waals surface area contributed by atoms with E-state index >= 15 is 0 Å². The van der Waals surface area contributed by atoms with Gasteiger partial charge in [0.25, 0.3) is 0 Å². The minimum Gasteiger partial charge on any atom is -0.296 e. The van der Waals surface area contributed by atoms with Gasteiger partial charge in [-0.15, -0.1) is 25.6 Å². The Morgan fingerprint density at radius 2 is 1.62 bits per heavy atom. The first-order valence-electron chi connectivity index (χ1n) is 4.79. The van der Waals surface area contributed by atoms with Crippen LogP contribution < -0.4 is 0 Å². The molecular weight excluding hydrogens is 182 g/mol. The van der Waals surface area contributed by atoms with E-state index in [1.807, 2.05) is 12.2 Å². The number of rotatable bonds is 8. The molecule has 0 heterocycles. The van der Waals surface area contributed by atoms with Crippen LogP contribution in [0.5, 0.6) is 0 Å². The van der Waals surface area contributed by atoms with Crippen molar-refractivity contribution in [3.63, 3.8) is 0 Å². The first-order valence-corrected chi connectivity index (χ1v) is 4.79. The lowest BCUT2D eigenvalue weighted by atomic mass is 10.2. The van der Waals surface area contributed by atoms with Crippen LogP contribution in [0.3, 0.4) is 0 Å². The fourth-order valence-electron chi connectivity index (χ4n) is 1.21. The molecular formula is C11H22ClN. The number of nitrogens with zero attached hydrogens (tertiary/aromatic N) is 1. The molecule has 0 amide bonds. The van der Waals surface area contributed by atoms with Crippen LogP contribution in [0, 0.1) is 0 Å². The van der Waals surface area contributed by atoms with Crippen molar-refractivity contribution in [3.8, 4) is 0 Å². The van der Waals surface area contributed by atoms with Crippen molar-refractivity contribution < 1.29 is 0 Å². The zero-order chi connectivity index (χ0) is 9.23. The number of hydrogen-bond acceptors (Lipinski definition) is 1. The van der Waals surface area contributed by atoms with E-state index in [1.54, 1.807) is 0 Å². The predicted octanol–water partition coefficient (Wildman–Crippen LogP) is 3.27. The maximum atomic E-state index is 3.74. The molecule has 0 saturated heterocycles. The lowest BCUT2D eigenvalue weighted by Gasteiger charge is -2.17. The van der Waals surface area contributed by atoms with E-state index in [2.05, 4.69) is 25.0 Å². The first-order chi connectivity index (χ1) is 5.85. The molecule has 2 heteroatoms. The second-order valence-electron chi connectivity index (χ2n) is 3.04. The molecule has 0 aromatic carbocycles. The van der Waals surface area contributed by atoms with Gasteiger partial charge in [0, 0.05) is 13.1 Å². The molecule has 13 heavy (non-hydrogen) atoms. The van der Waals surface area contributed by atoms with Crippen molar-refractivity contribution in [2.45, 2.75) is 26.2 Å². The zero-order valence-corrected chi connectivity index (χ0v) is 9.48. The van der Waals surface area contributed by atoms with E-state index in [1.165, 1.54) is 25.8 Å². The van der Waals surface area contributed by atoms with E-state index in [0.29, 0.717) is 0 Å². The van der Waals surface area contributed by atoms with Gasteiger partial charge in [-0.2, -0.15) is 0 Å². The summed E-state index contributed by atoms with van der Waals surface area (Å²) >= 11 is 0. The Hall–Kier alpha value is -0.270. The highest BCUT2D eigenvalue weighted by molar-refractivity contribution is 5.85. The van der Waals surface area contributed by atoms with Gasteiger partial charge in [0.15, 0.2) is 0 Å². The third-order valence-electron chi connectivity index (χ3n) is 1.85. The van der Waals surface area contributed by atoms with Crippen molar-refractivity contribution in [2.24, 2.45) is 0 Å². The Bertz CT molecular complexity index is 113. The third-order valence-corrected chi connectivity index (χ3v) is 1.85. The molecule has 0 spiro atoms. The van der Waals surface area contributed by atoms with Gasteiger partial charge >= 0.3 is 0 Å². The van der Waals surface area contributed by atoms with Crippen molar-refractivity contribution in [1.29, 1.82) is 0 Å². The minimum absolute atomic E-state index is 0. The molecule has 0 bridgehead atoms. The molecule has 1 nitrogen and oxygen atoms in total. The van der Waals surface area contributed by atoms with E-state index in [9.17, 15) is 0 Å². The second kappa shape index (κ2) is 11.7. The van der Waals surface area contributed by atoms with Crippen LogP contribution >= 0.6 is 12.4 Å². The highest BCUT2D eigenvalue weighted by Crippen LogP contribution is 1.98. The highest BCUT2D eigenvalue weighted by atomic mass is 35.5. The molecule has 0 aliphatic heterocycles. The molecule has 0 saturated carbocycles. The Morgan fingerprint density at radius 1 is 1.08 bits per heavy atom. The summed E-state index contributed by atoms with van der Waals surface area (Å²) in [5, 5.41) is 0. The maximum absolute atomic E-state index is 3.74. The lowest BCUT2D eigenvalue weighted by Crippen LogP contribution is -2.24. The summed E-state index contributed by atoms with van der Waals surface area (Å²) in [6.45, 7) is 12.8. The molecule has 0 N–H and O–H groups in total. The quantitative estimate of drug-likeness (QED) is 0.433. The smallest absolute Gasteiger partial charge is 0.0163 e. The van der Waals surface area contributed by atoms with Gasteiger partial charge in [0.2, 0.25) is 0 Å².